The summed E-state index contributed by atoms with van der Waals surface area (Å²) in [7, 11) is 1.58. The molecule has 2 aromatic carbocycles. The van der Waals surface area contributed by atoms with Gasteiger partial charge in [-0.05, 0) is 66.6 Å². The molecule has 38 heavy (non-hydrogen) atoms. The first kappa shape index (κ1) is 30.6. The fourth-order valence-electron chi connectivity index (χ4n) is 3.64. The van der Waals surface area contributed by atoms with Crippen molar-refractivity contribution in [2.45, 2.75) is 53.4 Å². The highest BCUT2D eigenvalue weighted by Crippen LogP contribution is 2.39. The van der Waals surface area contributed by atoms with Gasteiger partial charge in [-0.2, -0.15) is 0 Å². The molecule has 2 aromatic rings. The first-order valence-corrected chi connectivity index (χ1v) is 13.5. The first-order chi connectivity index (χ1) is 17.8. The minimum atomic E-state index is -0.294. The lowest BCUT2D eigenvalue weighted by Crippen LogP contribution is -2.27. The summed E-state index contributed by atoms with van der Waals surface area (Å²) in [6, 6.07) is 9.31. The van der Waals surface area contributed by atoms with Gasteiger partial charge in [0, 0.05) is 24.2 Å². The van der Waals surface area contributed by atoms with Crippen LogP contribution in [0, 0.1) is 6.92 Å². The number of anilines is 3. The van der Waals surface area contributed by atoms with Gasteiger partial charge in [-0.25, -0.2) is 10.8 Å². The number of nitrogens with two attached hydrogens (primary N) is 3. The van der Waals surface area contributed by atoms with Gasteiger partial charge in [0.15, 0.2) is 5.75 Å². The zero-order valence-electron chi connectivity index (χ0n) is 23.6. The minimum absolute atomic E-state index is 0.135. The van der Waals surface area contributed by atoms with Crippen LogP contribution in [0.25, 0.3) is 0 Å². The summed E-state index contributed by atoms with van der Waals surface area (Å²) in [6.07, 6.45) is 5.82. The Labute approximate surface area is 230 Å². The van der Waals surface area contributed by atoms with E-state index in [2.05, 4.69) is 35.8 Å². The molecule has 0 aliphatic carbocycles. The number of hydrogen-bond donors (Lipinski definition) is 5. The van der Waals surface area contributed by atoms with E-state index in [4.69, 9.17) is 22.0 Å². The molecular formula is C28H41N7O2S. The lowest BCUT2D eigenvalue weighted by molar-refractivity contribution is 0.102. The van der Waals surface area contributed by atoms with Gasteiger partial charge in [0.1, 0.15) is 0 Å². The van der Waals surface area contributed by atoms with Gasteiger partial charge in [0.25, 0.3) is 5.91 Å². The Morgan fingerprint density at radius 3 is 2.39 bits per heavy atom. The molecule has 0 aliphatic rings. The van der Waals surface area contributed by atoms with Crippen molar-refractivity contribution in [3.05, 3.63) is 70.7 Å². The Hall–Kier alpha value is -3.63. The smallest absolute Gasteiger partial charge is 0.255 e. The number of methoxy groups -OCH3 is 1. The maximum atomic E-state index is 13.4. The molecule has 0 bridgehead atoms. The number of carbonyl (C=O) groups excluding carboxylic acids is 1. The van der Waals surface area contributed by atoms with Gasteiger partial charge in [-0.3, -0.25) is 9.80 Å². The van der Waals surface area contributed by atoms with Crippen LogP contribution in [-0.4, -0.2) is 25.1 Å². The molecule has 0 unspecified atom stereocenters. The summed E-state index contributed by atoms with van der Waals surface area (Å²) in [5, 5.41) is 4.43. The van der Waals surface area contributed by atoms with E-state index in [0.29, 0.717) is 40.6 Å². The number of amidine groups is 1. The van der Waals surface area contributed by atoms with Crippen molar-refractivity contribution in [2.75, 3.05) is 28.4 Å². The van der Waals surface area contributed by atoms with Crippen molar-refractivity contribution >= 4 is 40.8 Å². The number of benzene rings is 2. The molecule has 0 radical (unpaired) electrons. The summed E-state index contributed by atoms with van der Waals surface area (Å²) < 4.78 is 8.91. The minimum Gasteiger partial charge on any atom is -0.492 e. The molecule has 9 nitrogen and oxygen atoms in total. The van der Waals surface area contributed by atoms with Gasteiger partial charge >= 0.3 is 0 Å². The third-order valence-electron chi connectivity index (χ3n) is 5.82. The maximum absolute atomic E-state index is 13.4. The third kappa shape index (κ3) is 7.93. The van der Waals surface area contributed by atoms with Crippen LogP contribution in [0.2, 0.25) is 0 Å². The van der Waals surface area contributed by atoms with Crippen LogP contribution in [0.5, 0.6) is 5.75 Å². The number of aryl methyl sites for hydroxylation is 1. The van der Waals surface area contributed by atoms with Crippen molar-refractivity contribution in [2.24, 2.45) is 22.3 Å². The van der Waals surface area contributed by atoms with E-state index in [1.54, 1.807) is 38.6 Å². The summed E-state index contributed by atoms with van der Waals surface area (Å²) in [6.45, 7) is 11.9. The van der Waals surface area contributed by atoms with Gasteiger partial charge in [-0.15, -0.1) is 0 Å². The predicted octanol–water partition coefficient (Wildman–Crippen LogP) is 5.39. The van der Waals surface area contributed by atoms with E-state index in [1.165, 1.54) is 17.0 Å². The number of rotatable bonds is 10. The van der Waals surface area contributed by atoms with E-state index < -0.39 is 0 Å². The number of hydrazine groups is 1. The molecule has 8 N–H and O–H groups in total. The van der Waals surface area contributed by atoms with Crippen LogP contribution < -0.4 is 37.1 Å². The van der Waals surface area contributed by atoms with Crippen LogP contribution in [0.1, 0.15) is 62.5 Å². The highest BCUT2D eigenvalue weighted by molar-refractivity contribution is 7.99. The Bertz CT molecular complexity index is 1240. The highest BCUT2D eigenvalue weighted by atomic mass is 32.2. The van der Waals surface area contributed by atoms with Crippen LogP contribution in [0.3, 0.4) is 0 Å². The zero-order valence-corrected chi connectivity index (χ0v) is 24.4. The summed E-state index contributed by atoms with van der Waals surface area (Å²) in [4.78, 5) is 17.5. The van der Waals surface area contributed by atoms with Crippen LogP contribution in [-0.2, 0) is 5.41 Å². The van der Waals surface area contributed by atoms with E-state index in [1.807, 2.05) is 38.3 Å². The van der Waals surface area contributed by atoms with Crippen molar-refractivity contribution < 1.29 is 9.53 Å². The third-order valence-corrected chi connectivity index (χ3v) is 6.25. The van der Waals surface area contributed by atoms with Crippen molar-refractivity contribution in [1.29, 1.82) is 0 Å². The van der Waals surface area contributed by atoms with Crippen molar-refractivity contribution in [3.8, 4) is 5.75 Å². The second kappa shape index (κ2) is 13.3. The molecule has 206 valence electrons. The number of hydrogen-bond acceptors (Lipinski definition) is 8. The SMILES string of the molecule is CCC(=C\N=C(C)N)/C(N)=C/N(N)c1cc(C(=O)Nc2cc(C(C)(C)C)cc(NSC)c2OC)ccc1C. The van der Waals surface area contributed by atoms with Crippen molar-refractivity contribution in [3.63, 3.8) is 0 Å². The summed E-state index contributed by atoms with van der Waals surface area (Å²) >= 11 is 1.45. The second-order valence-corrected chi connectivity index (χ2v) is 10.5. The average Bonchev–Trinajstić information content (AvgIpc) is 2.83. The lowest BCUT2D eigenvalue weighted by Gasteiger charge is -2.24. The van der Waals surface area contributed by atoms with E-state index in [-0.39, 0.29) is 11.3 Å². The summed E-state index contributed by atoms with van der Waals surface area (Å²) in [5.41, 5.74) is 17.4. The molecule has 0 saturated heterocycles. The standard InChI is InChI=1S/C28H41N7O2S/c1-9-19(15-32-18(3)29)22(30)16-35(31)25-12-20(11-10-17(25)2)27(36)33-23-13-21(28(4,5)6)14-24(34-38-8)26(23)37-7/h10-16,34H,9,30-31H2,1-8H3,(H2,29,32)(H,33,36)/b19-15+,22-16-. The quantitative estimate of drug-likeness (QED) is 0.0675. The molecule has 0 spiro atoms. The topological polar surface area (TPSA) is 144 Å². The Balaban J connectivity index is 2.45. The Morgan fingerprint density at radius 1 is 1.18 bits per heavy atom. The van der Waals surface area contributed by atoms with Gasteiger partial charge in [0.2, 0.25) is 0 Å². The number of amides is 1. The molecule has 0 atom stereocenters. The van der Waals surface area contributed by atoms with E-state index >= 15 is 0 Å². The number of nitrogens with one attached hydrogen (secondary N) is 2. The number of nitrogens with zero attached hydrogens (tertiary/aromatic N) is 2. The average molecular weight is 540 g/mol. The Morgan fingerprint density at radius 2 is 1.84 bits per heavy atom. The molecule has 2 rings (SSSR count). The maximum Gasteiger partial charge on any atom is 0.255 e. The number of aliphatic imine (C=N–C) groups is 1. The van der Waals surface area contributed by atoms with Crippen molar-refractivity contribution in [1.82, 2.24) is 0 Å². The second-order valence-electron chi connectivity index (χ2n) is 9.89. The number of ether oxygens (including phenoxy) is 1. The molecule has 10 heteroatoms. The van der Waals surface area contributed by atoms with Crippen LogP contribution in [0.15, 0.2) is 59.0 Å². The van der Waals surface area contributed by atoms with Gasteiger partial charge < -0.3 is 26.2 Å². The molecule has 0 aliphatic heterocycles. The van der Waals surface area contributed by atoms with E-state index in [9.17, 15) is 4.79 Å². The fraction of sp³-hybridized carbons (Fsp3) is 0.357. The first-order valence-electron chi connectivity index (χ1n) is 12.3. The van der Waals surface area contributed by atoms with Crippen LogP contribution >= 0.6 is 11.9 Å². The fourth-order valence-corrected chi connectivity index (χ4v) is 4.01. The Kier molecular flexibility index (Phi) is 10.7. The predicted molar refractivity (Wildman–Crippen MR) is 163 cm³/mol. The molecule has 0 fully saturated rings. The lowest BCUT2D eigenvalue weighted by atomic mass is 9.86. The molecule has 0 aromatic heterocycles. The van der Waals surface area contributed by atoms with Gasteiger partial charge in [-0.1, -0.05) is 45.7 Å². The zero-order chi connectivity index (χ0) is 28.6. The monoisotopic (exact) mass is 539 g/mol. The largest absolute Gasteiger partial charge is 0.492 e. The molecule has 0 heterocycles. The number of allylic oxidation sites excluding steroid dienone is 1. The summed E-state index contributed by atoms with van der Waals surface area (Å²) in [5.74, 6) is 7.06. The highest BCUT2D eigenvalue weighted by Gasteiger charge is 2.21. The molecular weight excluding hydrogens is 498 g/mol. The molecule has 0 saturated carbocycles. The van der Waals surface area contributed by atoms with Crippen LogP contribution in [0.4, 0.5) is 17.1 Å². The normalized spacial score (nSPS) is 12.8. The molecule has 1 amide bonds. The van der Waals surface area contributed by atoms with E-state index in [0.717, 1.165) is 22.4 Å². The van der Waals surface area contributed by atoms with Gasteiger partial charge in [0.05, 0.1) is 35.7 Å². The number of carbonyl (C=O) groups is 1.